The van der Waals surface area contributed by atoms with Crippen molar-refractivity contribution in [2.75, 3.05) is 26.0 Å². The second kappa shape index (κ2) is 11.5. The van der Waals surface area contributed by atoms with Crippen molar-refractivity contribution in [1.29, 1.82) is 0 Å². The summed E-state index contributed by atoms with van der Waals surface area (Å²) in [7, 11) is 3.64. The van der Waals surface area contributed by atoms with E-state index < -0.39 is 5.60 Å². The average molecular weight is 564 g/mol. The van der Waals surface area contributed by atoms with E-state index in [0.717, 1.165) is 64.3 Å². The summed E-state index contributed by atoms with van der Waals surface area (Å²) < 4.78 is 11.6. The Labute approximate surface area is 239 Å². The largest absolute Gasteiger partial charge is 0.491 e. The summed E-state index contributed by atoms with van der Waals surface area (Å²) in [4.78, 5) is 42.1. The highest BCUT2D eigenvalue weighted by Gasteiger charge is 2.30. The van der Waals surface area contributed by atoms with Crippen molar-refractivity contribution in [2.24, 2.45) is 10.9 Å². The summed E-state index contributed by atoms with van der Waals surface area (Å²) in [5.41, 5.74) is 3.75. The molecule has 9 nitrogen and oxygen atoms in total. The van der Waals surface area contributed by atoms with Gasteiger partial charge in [0.25, 0.3) is 0 Å². The molecule has 212 valence electrons. The molecule has 10 heteroatoms. The van der Waals surface area contributed by atoms with Gasteiger partial charge in [-0.2, -0.15) is 0 Å². The number of fused-ring (bicyclic) bond motifs is 4. The van der Waals surface area contributed by atoms with Crippen LogP contribution in [0.1, 0.15) is 68.0 Å². The number of esters is 1. The first-order chi connectivity index (χ1) is 19.1. The number of aliphatic imine (C=N–C) groups is 1. The molecule has 0 fully saturated rings. The highest BCUT2D eigenvalue weighted by Crippen LogP contribution is 2.42. The number of hydrogen-bond donors (Lipinski definition) is 1. The van der Waals surface area contributed by atoms with Gasteiger partial charge in [-0.3, -0.25) is 14.6 Å². The molecular weight excluding hydrogens is 526 g/mol. The summed E-state index contributed by atoms with van der Waals surface area (Å²) in [6.45, 7) is 6.74. The van der Waals surface area contributed by atoms with Gasteiger partial charge in [0.2, 0.25) is 5.91 Å². The summed E-state index contributed by atoms with van der Waals surface area (Å²) >= 11 is 1.65. The van der Waals surface area contributed by atoms with E-state index in [1.165, 1.54) is 10.4 Å². The molecule has 2 aliphatic rings. The molecule has 5 rings (SSSR count). The van der Waals surface area contributed by atoms with Crippen molar-refractivity contribution >= 4 is 51.1 Å². The number of anilines is 2. The molecule has 1 aromatic carbocycles. The Balaban J connectivity index is 1.33. The van der Waals surface area contributed by atoms with E-state index in [9.17, 15) is 9.59 Å². The first-order valence-electron chi connectivity index (χ1n) is 13.8. The number of hydrogen-bond acceptors (Lipinski definition) is 9. The van der Waals surface area contributed by atoms with E-state index in [0.29, 0.717) is 26.0 Å². The molecule has 1 N–H and O–H groups in total. The Morgan fingerprint density at radius 1 is 1.18 bits per heavy atom. The molecule has 3 heterocycles. The summed E-state index contributed by atoms with van der Waals surface area (Å²) in [6.07, 6.45) is 7.63. The lowest BCUT2D eigenvalue weighted by Gasteiger charge is -2.24. The highest BCUT2D eigenvalue weighted by molar-refractivity contribution is 7.19. The van der Waals surface area contributed by atoms with Crippen LogP contribution in [0.25, 0.3) is 10.2 Å². The number of unbranched alkanes of at least 4 members (excludes halogenated alkanes) is 1. The second-order valence-corrected chi connectivity index (χ2v) is 12.7. The first-order valence-corrected chi connectivity index (χ1v) is 14.7. The van der Waals surface area contributed by atoms with Gasteiger partial charge in [-0.1, -0.05) is 0 Å². The lowest BCUT2D eigenvalue weighted by Crippen LogP contribution is -2.32. The number of ether oxygens (including phenoxy) is 2. The third-order valence-electron chi connectivity index (χ3n) is 7.07. The van der Waals surface area contributed by atoms with Gasteiger partial charge in [0.1, 0.15) is 28.3 Å². The van der Waals surface area contributed by atoms with Crippen LogP contribution < -0.4 is 10.1 Å². The van der Waals surface area contributed by atoms with E-state index in [-0.39, 0.29) is 17.8 Å². The van der Waals surface area contributed by atoms with Crippen molar-refractivity contribution in [2.45, 2.75) is 71.4 Å². The number of thiophene rings is 1. The van der Waals surface area contributed by atoms with E-state index in [4.69, 9.17) is 9.47 Å². The number of benzene rings is 1. The summed E-state index contributed by atoms with van der Waals surface area (Å²) in [5.74, 6) is 1.47. The Bertz CT molecular complexity index is 1460. The molecule has 1 aliphatic heterocycles. The zero-order valence-corrected chi connectivity index (χ0v) is 24.7. The predicted octanol–water partition coefficient (Wildman–Crippen LogP) is 5.45. The van der Waals surface area contributed by atoms with Gasteiger partial charge in [-0.15, -0.1) is 11.3 Å². The minimum absolute atomic E-state index is 0.00579. The van der Waals surface area contributed by atoms with Crippen LogP contribution in [-0.2, 0) is 33.7 Å². The molecule has 2 aromatic heterocycles. The van der Waals surface area contributed by atoms with Gasteiger partial charge < -0.3 is 19.7 Å². The summed E-state index contributed by atoms with van der Waals surface area (Å²) in [6, 6.07) is 4.10. The molecule has 0 spiro atoms. The van der Waals surface area contributed by atoms with Gasteiger partial charge in [-0.25, -0.2) is 9.97 Å². The Kier molecular flexibility index (Phi) is 8.07. The Morgan fingerprint density at radius 2 is 2.00 bits per heavy atom. The van der Waals surface area contributed by atoms with Gasteiger partial charge in [0.15, 0.2) is 0 Å². The maximum atomic E-state index is 12.6. The van der Waals surface area contributed by atoms with Gasteiger partial charge >= 0.3 is 5.97 Å². The number of amides is 1. The number of rotatable bonds is 9. The van der Waals surface area contributed by atoms with Crippen molar-refractivity contribution in [3.05, 3.63) is 40.0 Å². The fourth-order valence-electron chi connectivity index (χ4n) is 5.21. The third kappa shape index (κ3) is 6.27. The quantitative estimate of drug-likeness (QED) is 0.273. The smallest absolute Gasteiger partial charge is 0.306 e. The number of aromatic nitrogens is 2. The molecule has 40 heavy (non-hydrogen) atoms. The van der Waals surface area contributed by atoms with Crippen LogP contribution in [0.4, 0.5) is 11.5 Å². The van der Waals surface area contributed by atoms with E-state index in [1.807, 2.05) is 47.1 Å². The van der Waals surface area contributed by atoms with Gasteiger partial charge in [-0.05, 0) is 81.7 Å². The van der Waals surface area contributed by atoms with E-state index in [1.54, 1.807) is 22.6 Å². The predicted molar refractivity (Wildman–Crippen MR) is 158 cm³/mol. The molecule has 1 atom stereocenters. The SMILES string of the molecule is CN(C)C(=O)[C@H]1CCc2c(sc3ncnc(Nc4cc5c(cc4OCCCCC(=O)OC(C)(C)C)CN=C5)c23)C1. The van der Waals surface area contributed by atoms with Crippen molar-refractivity contribution in [3.8, 4) is 5.75 Å². The number of aryl methyl sites for hydroxylation is 1. The summed E-state index contributed by atoms with van der Waals surface area (Å²) in [5, 5.41) is 4.56. The van der Waals surface area contributed by atoms with Crippen LogP contribution in [0, 0.1) is 5.92 Å². The van der Waals surface area contributed by atoms with Crippen LogP contribution in [-0.4, -0.2) is 59.3 Å². The Morgan fingerprint density at radius 3 is 2.77 bits per heavy atom. The number of carbonyl (C=O) groups is 2. The molecular formula is C30H37N5O4S. The normalized spacial score (nSPS) is 16.0. The van der Waals surface area contributed by atoms with Crippen molar-refractivity contribution < 1.29 is 19.1 Å². The Hall–Kier alpha value is -3.53. The highest BCUT2D eigenvalue weighted by atomic mass is 32.1. The van der Waals surface area contributed by atoms with E-state index in [2.05, 4.69) is 26.3 Å². The van der Waals surface area contributed by atoms with Gasteiger partial charge in [0.05, 0.1) is 24.2 Å². The molecule has 1 aliphatic carbocycles. The topological polar surface area (TPSA) is 106 Å². The fraction of sp³-hybridized carbons (Fsp3) is 0.500. The number of carbonyl (C=O) groups excluding carboxylic acids is 2. The lowest BCUT2D eigenvalue weighted by molar-refractivity contribution is -0.155. The standard InChI is InChI=1S/C30H37N5O4S/c1-30(2,3)39-25(36)8-6-7-11-38-23-13-20-16-31-15-19(20)12-22(23)34-27-26-21-10-9-18(29(37)35(4)5)14-24(21)40-28(26)33-17-32-27/h12-13,15,17-18H,6-11,14,16H2,1-5H3,(H,32,33,34)/t18-/m0/s1. The fourth-order valence-corrected chi connectivity index (χ4v) is 6.48. The molecule has 1 amide bonds. The second-order valence-electron chi connectivity index (χ2n) is 11.6. The average Bonchev–Trinajstić information content (AvgIpc) is 3.50. The van der Waals surface area contributed by atoms with Crippen LogP contribution >= 0.6 is 11.3 Å². The van der Waals surface area contributed by atoms with Crippen LogP contribution in [0.2, 0.25) is 0 Å². The molecule has 0 saturated carbocycles. The molecule has 0 saturated heterocycles. The number of nitrogens with one attached hydrogen (secondary N) is 1. The van der Waals surface area contributed by atoms with Crippen LogP contribution in [0.5, 0.6) is 5.75 Å². The minimum Gasteiger partial charge on any atom is -0.491 e. The van der Waals surface area contributed by atoms with Crippen molar-refractivity contribution in [3.63, 3.8) is 0 Å². The zero-order valence-electron chi connectivity index (χ0n) is 23.9. The zero-order chi connectivity index (χ0) is 28.4. The van der Waals surface area contributed by atoms with Gasteiger partial charge in [0, 0.05) is 37.5 Å². The number of nitrogens with zero attached hydrogens (tertiary/aromatic N) is 4. The van der Waals surface area contributed by atoms with E-state index >= 15 is 0 Å². The monoisotopic (exact) mass is 563 g/mol. The molecule has 3 aromatic rings. The first kappa shape index (κ1) is 28.0. The molecule has 0 radical (unpaired) electrons. The van der Waals surface area contributed by atoms with Crippen LogP contribution in [0.3, 0.4) is 0 Å². The van der Waals surface area contributed by atoms with Crippen LogP contribution in [0.15, 0.2) is 23.5 Å². The maximum absolute atomic E-state index is 12.6. The minimum atomic E-state index is -0.472. The van der Waals surface area contributed by atoms with Crippen molar-refractivity contribution in [1.82, 2.24) is 14.9 Å². The maximum Gasteiger partial charge on any atom is 0.306 e. The lowest BCUT2D eigenvalue weighted by atomic mass is 9.87. The molecule has 0 unspecified atom stereocenters. The third-order valence-corrected chi connectivity index (χ3v) is 8.24. The molecule has 0 bridgehead atoms.